The molecule has 0 aliphatic carbocycles. The number of nitriles is 3. The van der Waals surface area contributed by atoms with Crippen LogP contribution in [0.4, 0.5) is 0 Å². The van der Waals surface area contributed by atoms with E-state index in [0.717, 1.165) is 77.2 Å². The predicted octanol–water partition coefficient (Wildman–Crippen LogP) is 10.8. The van der Waals surface area contributed by atoms with Crippen molar-refractivity contribution in [3.05, 3.63) is 168 Å². The summed E-state index contributed by atoms with van der Waals surface area (Å²) in [5.41, 5.74) is 11.8. The van der Waals surface area contributed by atoms with Crippen LogP contribution in [0.25, 0.3) is 77.2 Å². The highest BCUT2D eigenvalue weighted by Gasteiger charge is 2.18. The second-order valence-corrected chi connectivity index (χ2v) is 12.3. The van der Waals surface area contributed by atoms with Crippen molar-refractivity contribution in [2.45, 2.75) is 0 Å². The van der Waals surface area contributed by atoms with Crippen LogP contribution in [0.15, 0.2) is 152 Å². The van der Waals surface area contributed by atoms with E-state index in [4.69, 9.17) is 0 Å². The SMILES string of the molecule is N#Cc1ccc2c(c1)c1ccccc1n2-c1ccc(-c2ccc(-c3ccccc3-n3c4ccccc4c4cc(C#N)ccc43)cc2)cc1C#N. The highest BCUT2D eigenvalue weighted by Crippen LogP contribution is 2.38. The Morgan fingerprint density at radius 1 is 0.360 bits per heavy atom. The highest BCUT2D eigenvalue weighted by molar-refractivity contribution is 6.11. The molecule has 0 aliphatic heterocycles. The van der Waals surface area contributed by atoms with E-state index in [0.29, 0.717) is 16.7 Å². The summed E-state index contributed by atoms with van der Waals surface area (Å²) in [5, 5.41) is 33.7. The van der Waals surface area contributed by atoms with Gasteiger partial charge in [0, 0.05) is 27.1 Å². The minimum Gasteiger partial charge on any atom is -0.309 e. The third kappa shape index (κ3) is 4.38. The Morgan fingerprint density at radius 3 is 1.46 bits per heavy atom. The van der Waals surface area contributed by atoms with Crippen LogP contribution < -0.4 is 0 Å². The molecule has 5 nitrogen and oxygen atoms in total. The van der Waals surface area contributed by atoms with Gasteiger partial charge in [-0.05, 0) is 83.4 Å². The average molecular weight is 636 g/mol. The van der Waals surface area contributed by atoms with Crippen molar-refractivity contribution in [1.29, 1.82) is 15.8 Å². The number of hydrogen-bond donors (Lipinski definition) is 0. The van der Waals surface area contributed by atoms with Gasteiger partial charge >= 0.3 is 0 Å². The summed E-state index contributed by atoms with van der Waals surface area (Å²) in [5.74, 6) is 0. The largest absolute Gasteiger partial charge is 0.309 e. The van der Waals surface area contributed by atoms with Crippen LogP contribution in [0.3, 0.4) is 0 Å². The summed E-state index contributed by atoms with van der Waals surface area (Å²) >= 11 is 0. The molecule has 9 aromatic rings. The summed E-state index contributed by atoms with van der Waals surface area (Å²) in [4.78, 5) is 0. The van der Waals surface area contributed by atoms with Gasteiger partial charge in [0.1, 0.15) is 6.07 Å². The Hall–Kier alpha value is -7.39. The van der Waals surface area contributed by atoms with E-state index in [-0.39, 0.29) is 0 Å². The van der Waals surface area contributed by atoms with Crippen molar-refractivity contribution in [2.75, 3.05) is 0 Å². The summed E-state index contributed by atoms with van der Waals surface area (Å²) in [6, 6.07) is 57.9. The van der Waals surface area contributed by atoms with E-state index in [1.54, 1.807) is 0 Å². The third-order valence-electron chi connectivity index (χ3n) is 9.64. The maximum Gasteiger partial charge on any atom is 0.101 e. The van der Waals surface area contributed by atoms with E-state index >= 15 is 0 Å². The van der Waals surface area contributed by atoms with Crippen LogP contribution in [0.2, 0.25) is 0 Å². The highest BCUT2D eigenvalue weighted by atomic mass is 15.0. The Balaban J connectivity index is 1.13. The lowest BCUT2D eigenvalue weighted by Crippen LogP contribution is -1.98. The second kappa shape index (κ2) is 11.4. The van der Waals surface area contributed by atoms with Crippen molar-refractivity contribution < 1.29 is 0 Å². The molecule has 0 aliphatic rings. The quantitative estimate of drug-likeness (QED) is 0.193. The summed E-state index contributed by atoms with van der Waals surface area (Å²) in [6.07, 6.45) is 0. The smallest absolute Gasteiger partial charge is 0.101 e. The summed E-state index contributed by atoms with van der Waals surface area (Å²) in [7, 11) is 0. The second-order valence-electron chi connectivity index (χ2n) is 12.3. The van der Waals surface area contributed by atoms with Crippen molar-refractivity contribution in [3.63, 3.8) is 0 Å². The third-order valence-corrected chi connectivity index (χ3v) is 9.64. The molecule has 0 atom stereocenters. The molecule has 0 saturated carbocycles. The van der Waals surface area contributed by atoms with Crippen LogP contribution in [0.5, 0.6) is 0 Å². The number of fused-ring (bicyclic) bond motifs is 6. The van der Waals surface area contributed by atoms with Gasteiger partial charge in [-0.15, -0.1) is 0 Å². The molecule has 0 N–H and O–H groups in total. The standard InChI is InChI=1S/C45H25N5/c46-26-29-13-20-44-38(23-29)36-8-2-5-11-42(36)49(44)40-22-19-33(25-34(40)28-48)31-15-17-32(18-16-31)35-7-1-4-10-41(35)50-43-12-6-3-9-37(43)39-24-30(27-47)14-21-45(39)50/h1-25H. The van der Waals surface area contributed by atoms with Gasteiger partial charge in [0.25, 0.3) is 0 Å². The molecule has 0 unspecified atom stereocenters. The Bertz CT molecular complexity index is 2960. The summed E-state index contributed by atoms with van der Waals surface area (Å²) in [6.45, 7) is 0. The number of para-hydroxylation sites is 3. The molecule has 7 aromatic carbocycles. The van der Waals surface area contributed by atoms with Gasteiger partial charge in [0.15, 0.2) is 0 Å². The van der Waals surface area contributed by atoms with Crippen LogP contribution in [-0.4, -0.2) is 9.13 Å². The zero-order chi connectivity index (χ0) is 33.8. The molecule has 0 amide bonds. The average Bonchev–Trinajstić information content (AvgIpc) is 3.69. The first-order valence-corrected chi connectivity index (χ1v) is 16.3. The van der Waals surface area contributed by atoms with Gasteiger partial charge in [0.05, 0.1) is 62.3 Å². The Morgan fingerprint density at radius 2 is 0.860 bits per heavy atom. The van der Waals surface area contributed by atoms with Gasteiger partial charge in [0.2, 0.25) is 0 Å². The fourth-order valence-electron chi connectivity index (χ4n) is 7.36. The molecule has 50 heavy (non-hydrogen) atoms. The van der Waals surface area contributed by atoms with Crippen LogP contribution in [-0.2, 0) is 0 Å². The van der Waals surface area contributed by atoms with E-state index < -0.39 is 0 Å². The number of nitrogens with zero attached hydrogens (tertiary/aromatic N) is 5. The zero-order valence-corrected chi connectivity index (χ0v) is 26.7. The maximum absolute atomic E-state index is 10.4. The number of benzene rings is 7. The van der Waals surface area contributed by atoms with E-state index in [1.807, 2.05) is 72.8 Å². The lowest BCUT2D eigenvalue weighted by Gasteiger charge is -2.15. The normalized spacial score (nSPS) is 11.1. The van der Waals surface area contributed by atoms with Gasteiger partial charge in [-0.2, -0.15) is 15.8 Å². The lowest BCUT2D eigenvalue weighted by atomic mass is 9.97. The van der Waals surface area contributed by atoms with Gasteiger partial charge in [-0.25, -0.2) is 0 Å². The molecular formula is C45H25N5. The fourth-order valence-corrected chi connectivity index (χ4v) is 7.36. The van der Waals surface area contributed by atoms with Gasteiger partial charge < -0.3 is 9.13 Å². The lowest BCUT2D eigenvalue weighted by molar-refractivity contribution is 1.17. The molecule has 230 valence electrons. The number of aromatic nitrogens is 2. The van der Waals surface area contributed by atoms with E-state index in [1.165, 1.54) is 0 Å². The van der Waals surface area contributed by atoms with Crippen molar-refractivity contribution in [1.82, 2.24) is 9.13 Å². The molecule has 0 radical (unpaired) electrons. The monoisotopic (exact) mass is 635 g/mol. The molecule has 0 fully saturated rings. The van der Waals surface area contributed by atoms with Crippen LogP contribution >= 0.6 is 0 Å². The first kappa shape index (κ1) is 28.8. The fraction of sp³-hybridized carbons (Fsp3) is 0. The van der Waals surface area contributed by atoms with Crippen LogP contribution in [0, 0.1) is 34.0 Å². The van der Waals surface area contributed by atoms with Crippen molar-refractivity contribution in [2.24, 2.45) is 0 Å². The topological polar surface area (TPSA) is 81.2 Å². The first-order valence-electron chi connectivity index (χ1n) is 16.3. The van der Waals surface area contributed by atoms with E-state index in [9.17, 15) is 15.8 Å². The molecule has 9 rings (SSSR count). The van der Waals surface area contributed by atoms with Crippen molar-refractivity contribution >= 4 is 43.6 Å². The predicted molar refractivity (Wildman–Crippen MR) is 200 cm³/mol. The molecule has 0 spiro atoms. The first-order chi connectivity index (χ1) is 24.7. The van der Waals surface area contributed by atoms with Gasteiger partial charge in [-0.3, -0.25) is 0 Å². The zero-order valence-electron chi connectivity index (χ0n) is 26.7. The molecular weight excluding hydrogens is 611 g/mol. The van der Waals surface area contributed by atoms with Crippen molar-refractivity contribution in [3.8, 4) is 51.8 Å². The maximum atomic E-state index is 10.4. The number of rotatable bonds is 4. The van der Waals surface area contributed by atoms with Gasteiger partial charge in [-0.1, -0.05) is 84.9 Å². The minimum absolute atomic E-state index is 0.565. The summed E-state index contributed by atoms with van der Waals surface area (Å²) < 4.78 is 4.40. The Labute approximate surface area is 287 Å². The molecule has 5 heteroatoms. The molecule has 2 aromatic heterocycles. The Kier molecular flexibility index (Phi) is 6.56. The molecule has 0 saturated heterocycles. The van der Waals surface area contributed by atoms with E-state index in [2.05, 4.69) is 106 Å². The minimum atomic E-state index is 0.565. The number of hydrogen-bond acceptors (Lipinski definition) is 3. The molecule has 0 bridgehead atoms. The van der Waals surface area contributed by atoms with Crippen LogP contribution in [0.1, 0.15) is 16.7 Å². The molecule has 2 heterocycles.